The third kappa shape index (κ3) is 3.82. The highest BCUT2D eigenvalue weighted by Crippen LogP contribution is 2.41. The fourth-order valence-electron chi connectivity index (χ4n) is 4.18. The van der Waals surface area contributed by atoms with E-state index in [0.29, 0.717) is 5.56 Å². The monoisotopic (exact) mass is 448 g/mol. The molecule has 0 aliphatic carbocycles. The van der Waals surface area contributed by atoms with Crippen LogP contribution < -0.4 is 10.2 Å². The van der Waals surface area contributed by atoms with Crippen molar-refractivity contribution < 1.29 is 4.79 Å². The van der Waals surface area contributed by atoms with Crippen LogP contribution in [0.4, 0.5) is 11.4 Å². The average molecular weight is 449 g/mol. The lowest BCUT2D eigenvalue weighted by Crippen LogP contribution is -2.44. The molecule has 1 aliphatic rings. The number of aryl methyl sites for hydroxylation is 2. The van der Waals surface area contributed by atoms with Crippen LogP contribution in [0.15, 0.2) is 71.2 Å². The summed E-state index contributed by atoms with van der Waals surface area (Å²) < 4.78 is 0.972. The van der Waals surface area contributed by atoms with Gasteiger partial charge in [0.1, 0.15) is 0 Å². The Morgan fingerprint density at radius 3 is 2.38 bits per heavy atom. The highest BCUT2D eigenvalue weighted by atomic mass is 79.9. The van der Waals surface area contributed by atoms with Gasteiger partial charge in [-0.15, -0.1) is 0 Å². The predicted molar refractivity (Wildman–Crippen MR) is 124 cm³/mol. The van der Waals surface area contributed by atoms with Crippen LogP contribution in [-0.2, 0) is 0 Å². The predicted octanol–water partition coefficient (Wildman–Crippen LogP) is 6.66. The Kier molecular flexibility index (Phi) is 5.46. The van der Waals surface area contributed by atoms with E-state index in [9.17, 15) is 4.79 Å². The normalized spacial score (nSPS) is 18.3. The summed E-state index contributed by atoms with van der Waals surface area (Å²) >= 11 is 3.45. The molecule has 3 aromatic carbocycles. The number of benzene rings is 3. The maximum absolute atomic E-state index is 13.4. The number of para-hydroxylation sites is 2. The van der Waals surface area contributed by atoms with Gasteiger partial charge in [-0.3, -0.25) is 4.79 Å². The van der Waals surface area contributed by atoms with Gasteiger partial charge in [0.15, 0.2) is 0 Å². The third-order valence-corrected chi connectivity index (χ3v) is 6.22. The molecule has 1 aliphatic heterocycles. The summed E-state index contributed by atoms with van der Waals surface area (Å²) in [6.45, 7) is 6.34. The quantitative estimate of drug-likeness (QED) is 0.485. The van der Waals surface area contributed by atoms with Crippen LogP contribution in [0.1, 0.15) is 46.4 Å². The Bertz CT molecular complexity index is 1040. The first-order valence-corrected chi connectivity index (χ1v) is 10.8. The van der Waals surface area contributed by atoms with Gasteiger partial charge in [-0.05, 0) is 74.2 Å². The van der Waals surface area contributed by atoms with Crippen molar-refractivity contribution in [2.24, 2.45) is 0 Å². The molecule has 3 aromatic rings. The maximum atomic E-state index is 13.4. The van der Waals surface area contributed by atoms with Crippen molar-refractivity contribution >= 4 is 33.2 Å². The Hall–Kier alpha value is -2.59. The fraction of sp³-hybridized carbons (Fsp3) is 0.240. The molecule has 4 heteroatoms. The lowest BCUT2D eigenvalue weighted by Gasteiger charge is -2.41. The molecule has 1 amide bonds. The van der Waals surface area contributed by atoms with E-state index in [-0.39, 0.29) is 18.0 Å². The SMILES string of the molecule is Cc1ccccc1NC1CC(C)N(C(=O)c2ccc(Br)cc2)c2c(C)cccc21. The van der Waals surface area contributed by atoms with Crippen LogP contribution in [0.25, 0.3) is 0 Å². The van der Waals surface area contributed by atoms with E-state index in [4.69, 9.17) is 0 Å². The molecule has 148 valence electrons. The number of carbonyl (C=O) groups is 1. The second-order valence-corrected chi connectivity index (χ2v) is 8.71. The van der Waals surface area contributed by atoms with Crippen LogP contribution in [0.2, 0.25) is 0 Å². The minimum atomic E-state index is 0.0508. The van der Waals surface area contributed by atoms with Crippen LogP contribution in [0, 0.1) is 13.8 Å². The Morgan fingerprint density at radius 2 is 1.66 bits per heavy atom. The molecular formula is C25H25BrN2O. The number of hydrogen-bond acceptors (Lipinski definition) is 2. The van der Waals surface area contributed by atoms with Gasteiger partial charge in [-0.2, -0.15) is 0 Å². The van der Waals surface area contributed by atoms with Gasteiger partial charge in [-0.25, -0.2) is 0 Å². The van der Waals surface area contributed by atoms with E-state index < -0.39 is 0 Å². The lowest BCUT2D eigenvalue weighted by atomic mass is 9.88. The second-order valence-electron chi connectivity index (χ2n) is 7.79. The largest absolute Gasteiger partial charge is 0.378 e. The van der Waals surface area contributed by atoms with E-state index in [1.165, 1.54) is 11.1 Å². The first-order valence-electron chi connectivity index (χ1n) is 9.96. The van der Waals surface area contributed by atoms with E-state index in [2.05, 4.69) is 84.5 Å². The molecule has 2 atom stereocenters. The number of carbonyl (C=O) groups excluding carboxylic acids is 1. The number of hydrogen-bond donors (Lipinski definition) is 1. The smallest absolute Gasteiger partial charge is 0.258 e. The van der Waals surface area contributed by atoms with Crippen molar-refractivity contribution in [2.45, 2.75) is 39.3 Å². The summed E-state index contributed by atoms with van der Waals surface area (Å²) in [6, 6.07) is 22.5. The molecule has 0 aromatic heterocycles. The molecule has 2 unspecified atom stereocenters. The van der Waals surface area contributed by atoms with Gasteiger partial charge < -0.3 is 10.2 Å². The molecule has 1 N–H and O–H groups in total. The number of amides is 1. The molecule has 0 spiro atoms. The van der Waals surface area contributed by atoms with Crippen molar-refractivity contribution in [2.75, 3.05) is 10.2 Å². The lowest BCUT2D eigenvalue weighted by molar-refractivity contribution is 0.0974. The van der Waals surface area contributed by atoms with E-state index in [0.717, 1.165) is 27.8 Å². The number of nitrogens with zero attached hydrogens (tertiary/aromatic N) is 1. The molecule has 0 fully saturated rings. The molecule has 3 nitrogen and oxygen atoms in total. The minimum Gasteiger partial charge on any atom is -0.378 e. The molecule has 0 saturated carbocycles. The van der Waals surface area contributed by atoms with Crippen molar-refractivity contribution in [1.82, 2.24) is 0 Å². The first kappa shape index (κ1) is 19.7. The van der Waals surface area contributed by atoms with Gasteiger partial charge in [0.2, 0.25) is 0 Å². The number of rotatable bonds is 3. The first-order chi connectivity index (χ1) is 14.0. The van der Waals surface area contributed by atoms with Crippen molar-refractivity contribution in [3.05, 3.63) is 93.5 Å². The molecule has 1 heterocycles. The van der Waals surface area contributed by atoms with Crippen molar-refractivity contribution in [1.29, 1.82) is 0 Å². The topological polar surface area (TPSA) is 32.3 Å². The fourth-order valence-corrected chi connectivity index (χ4v) is 4.44. The number of fused-ring (bicyclic) bond motifs is 1. The zero-order chi connectivity index (χ0) is 20.5. The van der Waals surface area contributed by atoms with E-state index in [1.807, 2.05) is 29.2 Å². The van der Waals surface area contributed by atoms with Gasteiger partial charge in [0.25, 0.3) is 5.91 Å². The summed E-state index contributed by atoms with van der Waals surface area (Å²) in [5, 5.41) is 3.73. The maximum Gasteiger partial charge on any atom is 0.258 e. The molecule has 0 radical (unpaired) electrons. The summed E-state index contributed by atoms with van der Waals surface area (Å²) in [5.74, 6) is 0.0508. The summed E-state index contributed by atoms with van der Waals surface area (Å²) in [6.07, 6.45) is 0.854. The highest BCUT2D eigenvalue weighted by molar-refractivity contribution is 9.10. The Balaban J connectivity index is 1.74. The average Bonchev–Trinajstić information content (AvgIpc) is 2.70. The molecule has 29 heavy (non-hydrogen) atoms. The van der Waals surface area contributed by atoms with Gasteiger partial charge in [0, 0.05) is 21.8 Å². The summed E-state index contributed by atoms with van der Waals surface area (Å²) in [5.41, 5.74) is 6.41. The van der Waals surface area contributed by atoms with Gasteiger partial charge in [-0.1, -0.05) is 52.3 Å². The summed E-state index contributed by atoms with van der Waals surface area (Å²) in [4.78, 5) is 15.4. The second kappa shape index (κ2) is 8.03. The van der Waals surface area contributed by atoms with Crippen LogP contribution in [0.5, 0.6) is 0 Å². The molecule has 0 bridgehead atoms. The minimum absolute atomic E-state index is 0.0508. The number of nitrogens with one attached hydrogen (secondary N) is 1. The van der Waals surface area contributed by atoms with Gasteiger partial charge >= 0.3 is 0 Å². The Labute approximate surface area is 180 Å². The van der Waals surface area contributed by atoms with E-state index >= 15 is 0 Å². The highest BCUT2D eigenvalue weighted by Gasteiger charge is 2.35. The molecule has 4 rings (SSSR count). The zero-order valence-electron chi connectivity index (χ0n) is 16.9. The van der Waals surface area contributed by atoms with E-state index in [1.54, 1.807) is 0 Å². The third-order valence-electron chi connectivity index (χ3n) is 5.69. The van der Waals surface area contributed by atoms with Crippen LogP contribution >= 0.6 is 15.9 Å². The van der Waals surface area contributed by atoms with Crippen molar-refractivity contribution in [3.8, 4) is 0 Å². The zero-order valence-corrected chi connectivity index (χ0v) is 18.5. The number of halogens is 1. The standard InChI is InChI=1S/C25H25BrN2O/c1-16-7-4-5-10-22(16)27-23-15-18(3)28(24-17(2)8-6-9-21(23)24)25(29)19-11-13-20(26)14-12-19/h4-14,18,23,27H,15H2,1-3H3. The molecular weight excluding hydrogens is 424 g/mol. The van der Waals surface area contributed by atoms with Crippen LogP contribution in [0.3, 0.4) is 0 Å². The Morgan fingerprint density at radius 1 is 0.966 bits per heavy atom. The number of anilines is 2. The van der Waals surface area contributed by atoms with Gasteiger partial charge in [0.05, 0.1) is 11.7 Å². The van der Waals surface area contributed by atoms with Crippen molar-refractivity contribution in [3.63, 3.8) is 0 Å². The summed E-state index contributed by atoms with van der Waals surface area (Å²) in [7, 11) is 0. The molecule has 0 saturated heterocycles. The van der Waals surface area contributed by atoms with Crippen LogP contribution in [-0.4, -0.2) is 11.9 Å².